The third-order valence-electron chi connectivity index (χ3n) is 17.0. The van der Waals surface area contributed by atoms with Crippen LogP contribution in [-0.4, -0.2) is 133 Å². The van der Waals surface area contributed by atoms with Crippen molar-refractivity contribution in [2.24, 2.45) is 16.7 Å². The highest BCUT2D eigenvalue weighted by molar-refractivity contribution is 6.77. The number of rotatable bonds is 15. The van der Waals surface area contributed by atoms with Gasteiger partial charge in [0.25, 0.3) is 0 Å². The molecule has 6 aliphatic rings. The number of likely N-dealkylation sites (tertiary alicyclic amines) is 1. The maximum absolute atomic E-state index is 16.3. The van der Waals surface area contributed by atoms with Crippen LogP contribution in [-0.2, 0) is 47.2 Å². The van der Waals surface area contributed by atoms with Gasteiger partial charge in [0.1, 0.15) is 59.3 Å². The Bertz CT molecular complexity index is 2490. The summed E-state index contributed by atoms with van der Waals surface area (Å²) in [6.07, 6.45) is -2.87. The lowest BCUT2D eigenvalue weighted by Gasteiger charge is -2.66. The number of benzene rings is 1. The Balaban J connectivity index is 1.34. The van der Waals surface area contributed by atoms with Crippen molar-refractivity contribution in [1.29, 1.82) is 0 Å². The summed E-state index contributed by atoms with van der Waals surface area (Å²) in [5.74, 6) is -4.17. The van der Waals surface area contributed by atoms with Gasteiger partial charge in [-0.05, 0) is 99.2 Å². The number of pyridine rings is 1. The van der Waals surface area contributed by atoms with Crippen LogP contribution in [0, 0.1) is 22.6 Å². The third-order valence-corrected chi connectivity index (χ3v) is 23.1. The lowest BCUT2D eigenvalue weighted by Crippen LogP contribution is -2.78. The van der Waals surface area contributed by atoms with Crippen LogP contribution in [0.1, 0.15) is 132 Å². The highest BCUT2D eigenvalue weighted by Gasteiger charge is 2.76. The number of amides is 1. The van der Waals surface area contributed by atoms with Crippen molar-refractivity contribution in [2.45, 2.75) is 192 Å². The molecule has 12 atom stereocenters. The summed E-state index contributed by atoms with van der Waals surface area (Å²) >= 11 is 0. The maximum atomic E-state index is 16.3. The number of hydrogen-bond donors (Lipinski definition) is 2. The van der Waals surface area contributed by atoms with Crippen molar-refractivity contribution in [3.8, 4) is 0 Å². The van der Waals surface area contributed by atoms with Crippen molar-refractivity contribution in [2.75, 3.05) is 26.2 Å². The summed E-state index contributed by atoms with van der Waals surface area (Å²) < 4.78 is 69.7. The molecule has 16 nitrogen and oxygen atoms in total. The quantitative estimate of drug-likeness (QED) is 0.0745. The van der Waals surface area contributed by atoms with Gasteiger partial charge in [0.2, 0.25) is 8.32 Å². The van der Waals surface area contributed by atoms with E-state index in [0.717, 1.165) is 19.5 Å². The molecule has 3 aliphatic heterocycles. The Morgan fingerprint density at radius 3 is 2.18 bits per heavy atom. The monoisotopic (exact) mass is 1050 g/mol. The van der Waals surface area contributed by atoms with Gasteiger partial charge in [0, 0.05) is 36.9 Å². The van der Waals surface area contributed by atoms with Crippen LogP contribution >= 0.6 is 0 Å². The summed E-state index contributed by atoms with van der Waals surface area (Å²) in [6, 6.07) is 9.44. The second-order valence-corrected chi connectivity index (χ2v) is 29.4. The first-order valence-electron chi connectivity index (χ1n) is 26.3. The van der Waals surface area contributed by atoms with E-state index in [1.807, 2.05) is 81.4 Å². The summed E-state index contributed by atoms with van der Waals surface area (Å²) in [6.45, 7) is 28.2. The molecule has 1 aromatic heterocycles. The van der Waals surface area contributed by atoms with Gasteiger partial charge in [-0.15, -0.1) is 0 Å². The topological polar surface area (TPSA) is 191 Å². The second kappa shape index (κ2) is 20.4. The van der Waals surface area contributed by atoms with E-state index in [9.17, 15) is 19.5 Å². The van der Waals surface area contributed by atoms with Gasteiger partial charge >= 0.3 is 24.0 Å². The van der Waals surface area contributed by atoms with E-state index in [4.69, 9.17) is 37.6 Å². The lowest BCUT2D eigenvalue weighted by atomic mass is 9.46. The number of nitrogens with one attached hydrogen (secondary N) is 1. The average Bonchev–Trinajstić information content (AvgIpc) is 3.70. The number of carbonyl (C=O) groups excluding carboxylic acids is 4. The van der Waals surface area contributed by atoms with Gasteiger partial charge in [-0.3, -0.25) is 14.7 Å². The van der Waals surface area contributed by atoms with E-state index in [1.54, 1.807) is 51.1 Å². The molecule has 4 fully saturated rings. The molecule has 0 radical (unpaired) electrons. The number of ether oxygens (including phenoxy) is 7. The zero-order valence-corrected chi connectivity index (χ0v) is 46.6. The number of fused-ring (bicyclic) bond motifs is 8. The Kier molecular flexibility index (Phi) is 15.4. The first-order chi connectivity index (χ1) is 34.6. The fourth-order valence-corrected chi connectivity index (χ4v) is 19.0. The van der Waals surface area contributed by atoms with Crippen molar-refractivity contribution >= 4 is 32.3 Å². The largest absolute Gasteiger partial charge is 0.456 e. The molecular weight excluding hydrogens is 970 g/mol. The number of esters is 3. The maximum Gasteiger partial charge on any atom is 0.408 e. The van der Waals surface area contributed by atoms with E-state index in [2.05, 4.69) is 15.2 Å². The highest BCUT2D eigenvalue weighted by atomic mass is 28.4. The number of alkyl carbamates (subject to hydrolysis) is 1. The number of nitrogens with zero attached hydrogens (tertiary/aromatic N) is 2. The number of hydrogen-bond acceptors (Lipinski definition) is 15. The van der Waals surface area contributed by atoms with Gasteiger partial charge in [-0.25, -0.2) is 18.8 Å². The van der Waals surface area contributed by atoms with Gasteiger partial charge in [0.15, 0.2) is 18.0 Å². The smallest absolute Gasteiger partial charge is 0.408 e. The summed E-state index contributed by atoms with van der Waals surface area (Å²) in [7, 11) is -3.14. The number of aliphatic hydroxyl groups is 1. The van der Waals surface area contributed by atoms with Crippen LogP contribution in [0.15, 0.2) is 72.0 Å². The molecule has 1 saturated carbocycles. The summed E-state index contributed by atoms with van der Waals surface area (Å²) in [5, 5.41) is 17.1. The Hall–Kier alpha value is -4.56. The standard InChI is InChI=1S/C56H78FN3O13Si/c1-31(2)74(32(3)4,33(5)6)73-45(43(42-37(57)22-18-25-58-42)59-51(64)72-52(9,10)11)50(63)67-38-28-56(65)48(70-49(62)36-20-16-15-17-21-36)46-54(14,24-23-39-55(46,30-66-39)71-35(8)61)47-44(41(34(38)7)53(56,12)13)68-40(69-47)29-60-26-19-27-60/h15-18,20-25,31-33,38-40,43-48,65H,19,26-30H2,1-14H3,(H,59,64)/t38-,39+,40+,43-,44+,45+,46-,47+,48-,54+,55-,56+/m0/s1. The molecule has 18 heteroatoms. The van der Waals surface area contributed by atoms with E-state index in [1.165, 1.54) is 25.3 Å². The number of aromatic nitrogens is 1. The van der Waals surface area contributed by atoms with Gasteiger partial charge in [-0.1, -0.05) is 92.7 Å². The predicted octanol–water partition coefficient (Wildman–Crippen LogP) is 8.68. The molecule has 2 bridgehead atoms. The summed E-state index contributed by atoms with van der Waals surface area (Å²) in [4.78, 5) is 64.5. The molecule has 3 aliphatic carbocycles. The fourth-order valence-electron chi connectivity index (χ4n) is 13.5. The Morgan fingerprint density at radius 2 is 1.62 bits per heavy atom. The van der Waals surface area contributed by atoms with Crippen molar-refractivity contribution in [3.63, 3.8) is 0 Å². The van der Waals surface area contributed by atoms with E-state index < -0.39 is 121 Å². The summed E-state index contributed by atoms with van der Waals surface area (Å²) in [5.41, 5.74) is -6.35. The highest BCUT2D eigenvalue weighted by Crippen LogP contribution is 2.65. The second-order valence-electron chi connectivity index (χ2n) is 24.0. The zero-order chi connectivity index (χ0) is 54.1. The van der Waals surface area contributed by atoms with Crippen LogP contribution in [0.2, 0.25) is 16.6 Å². The average molecular weight is 1050 g/mol. The minimum Gasteiger partial charge on any atom is -0.456 e. The zero-order valence-electron chi connectivity index (χ0n) is 45.6. The first kappa shape index (κ1) is 55.7. The van der Waals surface area contributed by atoms with Crippen LogP contribution < -0.4 is 5.32 Å². The van der Waals surface area contributed by atoms with Crippen LogP contribution in [0.3, 0.4) is 0 Å². The van der Waals surface area contributed by atoms with E-state index >= 15 is 9.18 Å². The fraction of sp³-hybridized carbons (Fsp3) is 0.661. The van der Waals surface area contributed by atoms with Crippen molar-refractivity contribution < 1.29 is 66.3 Å². The number of carbonyl (C=O) groups is 4. The predicted molar refractivity (Wildman–Crippen MR) is 273 cm³/mol. The van der Waals surface area contributed by atoms with Gasteiger partial charge in [0.05, 0.1) is 18.1 Å². The molecule has 4 heterocycles. The van der Waals surface area contributed by atoms with Crippen LogP contribution in [0.25, 0.3) is 0 Å². The van der Waals surface area contributed by atoms with E-state index in [0.29, 0.717) is 17.7 Å². The normalized spacial score (nSPS) is 32.2. The molecule has 406 valence electrons. The molecule has 3 saturated heterocycles. The molecule has 0 unspecified atom stereocenters. The Morgan fingerprint density at radius 1 is 0.959 bits per heavy atom. The van der Waals surface area contributed by atoms with Gasteiger partial charge in [-0.2, -0.15) is 0 Å². The lowest BCUT2D eigenvalue weighted by molar-refractivity contribution is -0.316. The molecule has 8 rings (SSSR count). The first-order valence-corrected chi connectivity index (χ1v) is 28.5. The molecule has 2 aromatic rings. The molecule has 2 N–H and O–H groups in total. The minimum atomic E-state index is -3.14. The van der Waals surface area contributed by atoms with Gasteiger partial charge < -0.3 is 48.0 Å². The minimum absolute atomic E-state index is 0.0876. The molecular formula is C56H78FN3O13Si. The molecule has 1 amide bonds. The molecule has 74 heavy (non-hydrogen) atoms. The molecule has 1 aromatic carbocycles. The molecule has 0 spiro atoms. The Labute approximate surface area is 436 Å². The van der Waals surface area contributed by atoms with Crippen molar-refractivity contribution in [3.05, 3.63) is 89.0 Å². The van der Waals surface area contributed by atoms with Crippen molar-refractivity contribution in [1.82, 2.24) is 15.2 Å². The van der Waals surface area contributed by atoms with E-state index in [-0.39, 0.29) is 40.9 Å². The van der Waals surface area contributed by atoms with Crippen LogP contribution in [0.5, 0.6) is 0 Å². The third kappa shape index (κ3) is 9.67. The van der Waals surface area contributed by atoms with Crippen LogP contribution in [0.4, 0.5) is 9.18 Å². The number of halogens is 1. The SMILES string of the molecule is CC(=O)O[C@@]12CO[C@@H]1C=C[C@@]1(C)[C@@H]3O[C@H](CN4CCC4)O[C@@H]3C3=C(C)[C@@H](OC(=O)[C@H](O[Si](C(C)C)(C(C)C)C(C)C)[C@@H](NC(=O)OC(C)(C)C)c4ncccc4F)C[C@@](O)([C@@H](OC(=O)c4ccccc4)[C@@H]12)C3(C)C.